The zero-order valence-corrected chi connectivity index (χ0v) is 20.9. The molecule has 0 fully saturated rings. The maximum atomic E-state index is 14.1. The van der Waals surface area contributed by atoms with Gasteiger partial charge in [-0.1, -0.05) is 44.2 Å². The minimum Gasteiger partial charge on any atom is -0.366 e. The number of halogens is 3. The van der Waals surface area contributed by atoms with Gasteiger partial charge in [0.1, 0.15) is 0 Å². The highest BCUT2D eigenvalue weighted by atomic mass is 32.2. The molecule has 0 aromatic heterocycles. The van der Waals surface area contributed by atoms with Crippen LogP contribution in [0.2, 0.25) is 0 Å². The van der Waals surface area contributed by atoms with Gasteiger partial charge >= 0.3 is 6.18 Å². The molecule has 1 atom stereocenters. The fraction of sp³-hybridized carbons (Fsp3) is 0.440. The molecular weight excluding hydrogens is 483 g/mol. The average Bonchev–Trinajstić information content (AvgIpc) is 2.81. The van der Waals surface area contributed by atoms with E-state index in [1.165, 1.54) is 24.3 Å². The maximum Gasteiger partial charge on any atom is 0.433 e. The van der Waals surface area contributed by atoms with Gasteiger partial charge in [0.15, 0.2) is 0 Å². The van der Waals surface area contributed by atoms with Gasteiger partial charge in [0.25, 0.3) is 10.0 Å². The van der Waals surface area contributed by atoms with E-state index in [0.717, 1.165) is 16.4 Å². The van der Waals surface area contributed by atoms with E-state index in [0.29, 0.717) is 0 Å². The Kier molecular flexibility index (Phi) is 9.75. The van der Waals surface area contributed by atoms with E-state index in [1.54, 1.807) is 45.9 Å². The Balaban J connectivity index is 2.63. The quantitative estimate of drug-likeness (QED) is 0.369. The van der Waals surface area contributed by atoms with Crippen molar-refractivity contribution in [2.24, 2.45) is 5.92 Å². The zero-order valence-electron chi connectivity index (χ0n) is 20.0. The second kappa shape index (κ2) is 11.9. The van der Waals surface area contributed by atoms with E-state index in [1.807, 2.05) is 5.92 Å². The van der Waals surface area contributed by atoms with E-state index in [-0.39, 0.29) is 36.3 Å². The van der Waals surface area contributed by atoms with Crippen LogP contribution in [0.4, 0.5) is 18.9 Å². The van der Waals surface area contributed by atoms with Gasteiger partial charge in [-0.2, -0.15) is 13.2 Å². The molecule has 0 bridgehead atoms. The first-order chi connectivity index (χ1) is 16.4. The van der Waals surface area contributed by atoms with Gasteiger partial charge in [0.05, 0.1) is 10.6 Å². The summed E-state index contributed by atoms with van der Waals surface area (Å²) in [6.07, 6.45) is -6.46. The van der Waals surface area contributed by atoms with Gasteiger partial charge in [0.2, 0.25) is 11.9 Å². The van der Waals surface area contributed by atoms with Crippen LogP contribution >= 0.6 is 0 Å². The topological polar surface area (TPSA) is 76.1 Å². The van der Waals surface area contributed by atoms with Crippen LogP contribution in [0.15, 0.2) is 59.5 Å². The lowest BCUT2D eigenvalue weighted by molar-refractivity contribution is -0.241. The summed E-state index contributed by atoms with van der Waals surface area (Å²) < 4.78 is 80.4. The van der Waals surface area contributed by atoms with Crippen LogP contribution in [0.25, 0.3) is 0 Å². The van der Waals surface area contributed by atoms with Crippen LogP contribution < -0.4 is 4.31 Å². The maximum absolute atomic E-state index is 14.1. The third-order valence-corrected chi connectivity index (χ3v) is 6.64. The van der Waals surface area contributed by atoms with Crippen molar-refractivity contribution >= 4 is 15.7 Å². The molecule has 10 heteroatoms. The molecule has 0 radical (unpaired) electrons. The fourth-order valence-electron chi connectivity index (χ4n) is 3.18. The van der Waals surface area contributed by atoms with Gasteiger partial charge in [-0.3, -0.25) is 4.31 Å². The number of anilines is 1. The molecule has 1 unspecified atom stereocenters. The first-order valence-corrected chi connectivity index (χ1v) is 12.5. The van der Waals surface area contributed by atoms with Gasteiger partial charge in [0, 0.05) is 25.3 Å². The second-order valence-electron chi connectivity index (χ2n) is 8.01. The molecule has 0 saturated carbocycles. The summed E-state index contributed by atoms with van der Waals surface area (Å²) in [6.45, 7) is 7.12. The van der Waals surface area contributed by atoms with Crippen LogP contribution in [0.5, 0.6) is 0 Å². The van der Waals surface area contributed by atoms with Crippen molar-refractivity contribution in [2.75, 3.05) is 24.1 Å². The fourth-order valence-corrected chi connectivity index (χ4v) is 4.83. The summed E-state index contributed by atoms with van der Waals surface area (Å²) in [5.74, 6) is 3.93. The lowest BCUT2D eigenvalue weighted by Crippen LogP contribution is -2.42. The van der Waals surface area contributed by atoms with Crippen molar-refractivity contribution in [3.63, 3.8) is 0 Å². The molecule has 0 aliphatic rings. The molecule has 0 amide bonds. The Hall–Kier alpha value is -2.58. The molecule has 1 N–H and O–H groups in total. The predicted octanol–water partition coefficient (Wildman–Crippen LogP) is 4.69. The average molecular weight is 514 g/mol. The Morgan fingerprint density at radius 2 is 1.60 bits per heavy atom. The van der Waals surface area contributed by atoms with Crippen LogP contribution in [0.1, 0.15) is 33.3 Å². The van der Waals surface area contributed by atoms with Gasteiger partial charge in [-0.15, -0.1) is 0 Å². The molecule has 35 heavy (non-hydrogen) atoms. The summed E-state index contributed by atoms with van der Waals surface area (Å²) in [6, 6.07) is 12.2. The molecule has 2 rings (SSSR count). The van der Waals surface area contributed by atoms with E-state index in [2.05, 4.69) is 5.92 Å². The number of alkyl halides is 3. The Morgan fingerprint density at radius 3 is 2.11 bits per heavy atom. The number of benzene rings is 2. The highest BCUT2D eigenvalue weighted by molar-refractivity contribution is 7.92. The zero-order chi connectivity index (χ0) is 26.3. The SMILES string of the molecule is CCOC(C#CC(O)(c1cccc(N(CC(C)C)S(=O)(=O)c2ccccc2)c1)C(F)(F)F)OCC. The summed E-state index contributed by atoms with van der Waals surface area (Å²) in [4.78, 5) is -0.00630. The molecular formula is C25H30F3NO5S. The minimum absolute atomic E-state index is 0.00630. The Morgan fingerprint density at radius 1 is 1.00 bits per heavy atom. The second-order valence-corrected chi connectivity index (χ2v) is 9.88. The first kappa shape index (κ1) is 28.7. The third kappa shape index (κ3) is 6.98. The lowest BCUT2D eigenvalue weighted by Gasteiger charge is -2.29. The lowest BCUT2D eigenvalue weighted by atomic mass is 9.93. The van der Waals surface area contributed by atoms with Crippen molar-refractivity contribution in [1.82, 2.24) is 0 Å². The van der Waals surface area contributed by atoms with Crippen molar-refractivity contribution in [3.05, 3.63) is 60.2 Å². The predicted molar refractivity (Wildman–Crippen MR) is 127 cm³/mol. The minimum atomic E-state index is -5.19. The number of rotatable bonds is 10. The van der Waals surface area contributed by atoms with Crippen LogP contribution in [0, 0.1) is 17.8 Å². The van der Waals surface area contributed by atoms with E-state index in [9.17, 15) is 26.7 Å². The molecule has 0 aliphatic heterocycles. The van der Waals surface area contributed by atoms with Crippen molar-refractivity contribution in [1.29, 1.82) is 0 Å². The summed E-state index contributed by atoms with van der Waals surface area (Å²) in [5.41, 5.74) is -4.25. The Labute approximate surface area is 204 Å². The van der Waals surface area contributed by atoms with Crippen molar-refractivity contribution in [2.45, 2.75) is 50.7 Å². The van der Waals surface area contributed by atoms with E-state index < -0.39 is 33.7 Å². The molecule has 192 valence electrons. The number of sulfonamides is 1. The molecule has 0 aliphatic carbocycles. The van der Waals surface area contributed by atoms with Crippen molar-refractivity contribution in [3.8, 4) is 11.8 Å². The molecule has 0 saturated heterocycles. The standard InChI is InChI=1S/C25H30F3NO5S/c1-5-33-23(34-6-2)15-16-24(30,25(26,27)28)20-11-10-12-21(17-20)29(18-19(3)4)35(31,32)22-13-8-7-9-14-22/h7-14,17,19,23,30H,5-6,18H2,1-4H3. The smallest absolute Gasteiger partial charge is 0.366 e. The molecule has 6 nitrogen and oxygen atoms in total. The number of hydrogen-bond acceptors (Lipinski definition) is 5. The molecule has 0 heterocycles. The summed E-state index contributed by atoms with van der Waals surface area (Å²) in [5, 5.41) is 10.7. The summed E-state index contributed by atoms with van der Waals surface area (Å²) >= 11 is 0. The summed E-state index contributed by atoms with van der Waals surface area (Å²) in [7, 11) is -4.09. The Bertz CT molecular complexity index is 1120. The number of nitrogens with zero attached hydrogens (tertiary/aromatic N) is 1. The highest BCUT2D eigenvalue weighted by Crippen LogP contribution is 2.40. The van der Waals surface area contributed by atoms with Gasteiger partial charge in [-0.25, -0.2) is 8.42 Å². The van der Waals surface area contributed by atoms with Gasteiger partial charge in [-0.05, 0) is 55.9 Å². The number of ether oxygens (including phenoxy) is 2. The van der Waals surface area contributed by atoms with E-state index in [4.69, 9.17) is 9.47 Å². The number of hydrogen-bond donors (Lipinski definition) is 1. The number of aliphatic hydroxyl groups is 1. The molecule has 2 aromatic carbocycles. The monoisotopic (exact) mass is 513 g/mol. The largest absolute Gasteiger partial charge is 0.433 e. The van der Waals surface area contributed by atoms with Crippen LogP contribution in [0.3, 0.4) is 0 Å². The van der Waals surface area contributed by atoms with Crippen LogP contribution in [-0.4, -0.2) is 45.7 Å². The van der Waals surface area contributed by atoms with Gasteiger partial charge < -0.3 is 14.6 Å². The molecule has 2 aromatic rings. The molecule has 0 spiro atoms. The third-order valence-electron chi connectivity index (χ3n) is 4.83. The van der Waals surface area contributed by atoms with Crippen LogP contribution in [-0.2, 0) is 25.1 Å². The first-order valence-electron chi connectivity index (χ1n) is 11.1. The van der Waals surface area contributed by atoms with E-state index >= 15 is 0 Å². The van der Waals surface area contributed by atoms with Crippen molar-refractivity contribution < 1.29 is 36.2 Å². The highest BCUT2D eigenvalue weighted by Gasteiger charge is 2.54. The normalized spacial score (nSPS) is 13.9.